The highest BCUT2D eigenvalue weighted by Gasteiger charge is 2.29. The number of nitrogens with one attached hydrogen (secondary N) is 1. The van der Waals surface area contributed by atoms with Gasteiger partial charge in [-0.1, -0.05) is 11.6 Å². The number of hydrogen-bond donors (Lipinski definition) is 1. The van der Waals surface area contributed by atoms with Crippen molar-refractivity contribution >= 4 is 39.3 Å². The van der Waals surface area contributed by atoms with Crippen LogP contribution in [0.2, 0.25) is 5.02 Å². The summed E-state index contributed by atoms with van der Waals surface area (Å²) in [6.07, 6.45) is 0.649. The van der Waals surface area contributed by atoms with Gasteiger partial charge in [-0.15, -0.1) is 0 Å². The molecule has 1 aliphatic rings. The predicted octanol–water partition coefficient (Wildman–Crippen LogP) is 4.52. The quantitative estimate of drug-likeness (QED) is 0.826. The van der Waals surface area contributed by atoms with Gasteiger partial charge in [-0.2, -0.15) is 0 Å². The van der Waals surface area contributed by atoms with Gasteiger partial charge in [0.2, 0.25) is 0 Å². The standard InChI is InChI=1S/C15H20BrClN2O2/c1-15(2,3)21-14(20)19-7-6-11(9-19)18-13-5-4-10(17)8-12(13)16/h4-5,8,11,18H,6-7,9H2,1-3H3. The molecule has 1 N–H and O–H groups in total. The molecule has 0 radical (unpaired) electrons. The first-order valence-electron chi connectivity index (χ1n) is 6.94. The summed E-state index contributed by atoms with van der Waals surface area (Å²) in [5.74, 6) is 0. The fraction of sp³-hybridized carbons (Fsp3) is 0.533. The summed E-state index contributed by atoms with van der Waals surface area (Å²) in [5.41, 5.74) is 0.525. The van der Waals surface area contributed by atoms with Crippen LogP contribution in [-0.4, -0.2) is 35.7 Å². The fourth-order valence-corrected chi connectivity index (χ4v) is 2.99. The minimum absolute atomic E-state index is 0.218. The molecular formula is C15H20BrClN2O2. The van der Waals surface area contributed by atoms with E-state index in [2.05, 4.69) is 21.2 Å². The van der Waals surface area contributed by atoms with Gasteiger partial charge in [0.25, 0.3) is 0 Å². The maximum absolute atomic E-state index is 12.0. The fourth-order valence-electron chi connectivity index (χ4n) is 2.20. The van der Waals surface area contributed by atoms with E-state index in [1.54, 1.807) is 4.90 Å². The topological polar surface area (TPSA) is 41.6 Å². The Morgan fingerprint density at radius 3 is 2.81 bits per heavy atom. The number of hydrogen-bond acceptors (Lipinski definition) is 3. The van der Waals surface area contributed by atoms with Crippen LogP contribution >= 0.6 is 27.5 Å². The lowest BCUT2D eigenvalue weighted by Crippen LogP contribution is -2.36. The second-order valence-corrected chi connectivity index (χ2v) is 7.47. The molecule has 1 unspecified atom stereocenters. The van der Waals surface area contributed by atoms with Gasteiger partial charge in [-0.25, -0.2) is 4.79 Å². The van der Waals surface area contributed by atoms with Gasteiger partial charge in [0.15, 0.2) is 0 Å². The van der Waals surface area contributed by atoms with Crippen LogP contribution in [0.4, 0.5) is 10.5 Å². The van der Waals surface area contributed by atoms with Gasteiger partial charge in [0.05, 0.1) is 0 Å². The molecule has 0 bridgehead atoms. The number of benzene rings is 1. The number of likely N-dealkylation sites (tertiary alicyclic amines) is 1. The maximum atomic E-state index is 12.0. The van der Waals surface area contributed by atoms with E-state index in [1.807, 2.05) is 39.0 Å². The molecule has 0 aromatic heterocycles. The van der Waals surface area contributed by atoms with Crippen LogP contribution in [0.25, 0.3) is 0 Å². The molecule has 2 rings (SSSR count). The van der Waals surface area contributed by atoms with Crippen molar-refractivity contribution < 1.29 is 9.53 Å². The van der Waals surface area contributed by atoms with Gasteiger partial charge < -0.3 is 15.0 Å². The molecule has 6 heteroatoms. The molecule has 0 aliphatic carbocycles. The van der Waals surface area contributed by atoms with Crippen LogP contribution in [-0.2, 0) is 4.74 Å². The molecule has 116 valence electrons. The highest BCUT2D eigenvalue weighted by atomic mass is 79.9. The van der Waals surface area contributed by atoms with E-state index in [-0.39, 0.29) is 12.1 Å². The summed E-state index contributed by atoms with van der Waals surface area (Å²) in [6, 6.07) is 5.84. The second-order valence-electron chi connectivity index (χ2n) is 6.18. The molecular weight excluding hydrogens is 356 g/mol. The Balaban J connectivity index is 1.92. The third kappa shape index (κ3) is 4.78. The van der Waals surface area contributed by atoms with E-state index >= 15 is 0 Å². The third-order valence-electron chi connectivity index (χ3n) is 3.13. The third-order valence-corrected chi connectivity index (χ3v) is 4.02. The predicted molar refractivity (Wildman–Crippen MR) is 89.0 cm³/mol. The molecule has 1 saturated heterocycles. The van der Waals surface area contributed by atoms with Crippen LogP contribution in [0.5, 0.6) is 0 Å². The average Bonchev–Trinajstić information content (AvgIpc) is 2.79. The van der Waals surface area contributed by atoms with Gasteiger partial charge in [0, 0.05) is 34.3 Å². The number of anilines is 1. The van der Waals surface area contributed by atoms with Crippen molar-refractivity contribution in [2.75, 3.05) is 18.4 Å². The summed E-state index contributed by atoms with van der Waals surface area (Å²) >= 11 is 9.42. The van der Waals surface area contributed by atoms with Crippen molar-refractivity contribution in [1.82, 2.24) is 4.90 Å². The maximum Gasteiger partial charge on any atom is 0.410 e. The number of amides is 1. The van der Waals surface area contributed by atoms with Gasteiger partial charge in [-0.05, 0) is 61.3 Å². The van der Waals surface area contributed by atoms with Crippen molar-refractivity contribution in [3.8, 4) is 0 Å². The molecule has 1 fully saturated rings. The largest absolute Gasteiger partial charge is 0.444 e. The van der Waals surface area contributed by atoms with E-state index in [0.29, 0.717) is 18.1 Å². The van der Waals surface area contributed by atoms with E-state index < -0.39 is 5.60 Å². The summed E-state index contributed by atoms with van der Waals surface area (Å²) in [4.78, 5) is 13.8. The lowest BCUT2D eigenvalue weighted by atomic mass is 10.2. The van der Waals surface area contributed by atoms with Crippen LogP contribution in [0.3, 0.4) is 0 Å². The van der Waals surface area contributed by atoms with E-state index in [9.17, 15) is 4.79 Å². The number of halogens is 2. The van der Waals surface area contributed by atoms with Crippen LogP contribution in [0.15, 0.2) is 22.7 Å². The van der Waals surface area contributed by atoms with Gasteiger partial charge >= 0.3 is 6.09 Å². The van der Waals surface area contributed by atoms with E-state index in [1.165, 1.54) is 0 Å². The summed E-state index contributed by atoms with van der Waals surface area (Å²) in [7, 11) is 0. The molecule has 1 aliphatic heterocycles. The zero-order valence-corrected chi connectivity index (χ0v) is 14.8. The molecule has 0 spiro atoms. The number of ether oxygens (including phenoxy) is 1. The van der Waals surface area contributed by atoms with Crippen molar-refractivity contribution in [2.45, 2.75) is 38.8 Å². The second kappa shape index (κ2) is 6.44. The van der Waals surface area contributed by atoms with Gasteiger partial charge in [0.1, 0.15) is 5.60 Å². The first-order valence-corrected chi connectivity index (χ1v) is 8.11. The Morgan fingerprint density at radius 2 is 2.19 bits per heavy atom. The van der Waals surface area contributed by atoms with Gasteiger partial charge in [-0.3, -0.25) is 0 Å². The Morgan fingerprint density at radius 1 is 1.48 bits per heavy atom. The Kier molecular flexibility index (Phi) is 5.04. The monoisotopic (exact) mass is 374 g/mol. The van der Waals surface area contributed by atoms with Crippen LogP contribution in [0.1, 0.15) is 27.2 Å². The van der Waals surface area contributed by atoms with Crippen LogP contribution in [0, 0.1) is 0 Å². The molecule has 0 saturated carbocycles. The van der Waals surface area contributed by atoms with Crippen molar-refractivity contribution in [2.24, 2.45) is 0 Å². The van der Waals surface area contributed by atoms with Crippen molar-refractivity contribution in [1.29, 1.82) is 0 Å². The summed E-state index contributed by atoms with van der Waals surface area (Å²) < 4.78 is 6.31. The molecule has 1 amide bonds. The summed E-state index contributed by atoms with van der Waals surface area (Å²) in [6.45, 7) is 6.98. The zero-order chi connectivity index (χ0) is 15.6. The normalized spacial score (nSPS) is 18.7. The van der Waals surface area contributed by atoms with E-state index in [0.717, 1.165) is 16.6 Å². The lowest BCUT2D eigenvalue weighted by Gasteiger charge is -2.24. The molecule has 21 heavy (non-hydrogen) atoms. The molecule has 1 aromatic rings. The summed E-state index contributed by atoms with van der Waals surface area (Å²) in [5, 5.41) is 4.12. The zero-order valence-electron chi connectivity index (χ0n) is 12.5. The Labute approximate surface area is 138 Å². The van der Waals surface area contributed by atoms with Crippen LogP contribution < -0.4 is 5.32 Å². The highest BCUT2D eigenvalue weighted by molar-refractivity contribution is 9.10. The first kappa shape index (κ1) is 16.4. The number of nitrogens with zero attached hydrogens (tertiary/aromatic N) is 1. The molecule has 1 aromatic carbocycles. The minimum Gasteiger partial charge on any atom is -0.444 e. The SMILES string of the molecule is CC(C)(C)OC(=O)N1CCC(Nc2ccc(Cl)cc2Br)C1. The number of rotatable bonds is 2. The van der Waals surface area contributed by atoms with Crippen molar-refractivity contribution in [3.63, 3.8) is 0 Å². The van der Waals surface area contributed by atoms with Crippen molar-refractivity contribution in [3.05, 3.63) is 27.7 Å². The lowest BCUT2D eigenvalue weighted by molar-refractivity contribution is 0.0293. The smallest absolute Gasteiger partial charge is 0.410 e. The van der Waals surface area contributed by atoms with E-state index in [4.69, 9.17) is 16.3 Å². The Bertz CT molecular complexity index is 531. The number of carbonyl (C=O) groups is 1. The molecule has 1 heterocycles. The first-order chi connectivity index (χ1) is 9.74. The highest BCUT2D eigenvalue weighted by Crippen LogP contribution is 2.28. The average molecular weight is 376 g/mol. The number of carbonyl (C=O) groups excluding carboxylic acids is 1. The minimum atomic E-state index is -0.457. The molecule has 1 atom stereocenters. The Hall–Kier alpha value is -0.940. The molecule has 4 nitrogen and oxygen atoms in total.